The van der Waals surface area contributed by atoms with Gasteiger partial charge in [-0.1, -0.05) is 248 Å². The molecule has 0 fully saturated rings. The van der Waals surface area contributed by atoms with Crippen LogP contribution in [0.25, 0.3) is 66.4 Å². The molecule has 1 spiro atoms. The van der Waals surface area contributed by atoms with Crippen LogP contribution in [-0.2, 0) is 10.8 Å². The van der Waals surface area contributed by atoms with Crippen molar-refractivity contribution in [2.75, 3.05) is 4.90 Å². The van der Waals surface area contributed by atoms with Crippen molar-refractivity contribution in [1.82, 2.24) is 0 Å². The van der Waals surface area contributed by atoms with Crippen molar-refractivity contribution in [2.45, 2.75) is 10.8 Å². The second-order valence-electron chi connectivity index (χ2n) is 17.7. The van der Waals surface area contributed by atoms with Gasteiger partial charge in [0.05, 0.1) is 53.5 Å². The average Bonchev–Trinajstić information content (AvgIpc) is 1.47. The van der Waals surface area contributed by atoms with Crippen LogP contribution >= 0.6 is 0 Å². The molecule has 3 aliphatic carbocycles. The predicted molar refractivity (Wildman–Crippen MR) is 303 cm³/mol. The van der Waals surface area contributed by atoms with Gasteiger partial charge in [0.1, 0.15) is 0 Å². The Kier molecular flexibility index (Phi) is 5.04. The van der Waals surface area contributed by atoms with E-state index in [0.29, 0.717) is 11.3 Å². The molecule has 3 aliphatic rings. The van der Waals surface area contributed by atoms with Crippen LogP contribution in [0.15, 0.2) is 284 Å². The van der Waals surface area contributed by atoms with Gasteiger partial charge in [-0.2, -0.15) is 0 Å². The molecule has 0 aliphatic heterocycles. The van der Waals surface area contributed by atoms with E-state index in [1.807, 2.05) is 60.7 Å². The Bertz CT molecular complexity index is 5620. The highest BCUT2D eigenvalue weighted by Gasteiger charge is 2.52. The van der Waals surface area contributed by atoms with Gasteiger partial charge in [-0.15, -0.1) is 0 Å². The molecule has 0 unspecified atom stereocenters. The Balaban J connectivity index is 1.14. The first-order valence-electron chi connectivity index (χ1n) is 36.8. The fraction of sp³-hybridized carbons (Fsp3) is 0.0278. The van der Waals surface area contributed by atoms with Gasteiger partial charge in [0, 0.05) is 16.9 Å². The normalized spacial score (nSPS) is 18.9. The quantitative estimate of drug-likeness (QED) is 0.154. The van der Waals surface area contributed by atoms with Crippen LogP contribution in [0.3, 0.4) is 0 Å². The summed E-state index contributed by atoms with van der Waals surface area (Å²) in [4.78, 5) is 1.54. The van der Waals surface area contributed by atoms with Crippen LogP contribution in [0, 0.1) is 0 Å². The second kappa shape index (κ2) is 16.1. The van der Waals surface area contributed by atoms with Crippen LogP contribution in [0.1, 0.15) is 81.5 Å². The Hall–Kier alpha value is -9.30. The van der Waals surface area contributed by atoms with Crippen LogP contribution in [0.4, 0.5) is 17.1 Å². The average molecular weight is 953 g/mol. The van der Waals surface area contributed by atoms with Gasteiger partial charge in [0.15, 0.2) is 0 Å². The largest absolute Gasteiger partial charge is 0.310 e. The fourth-order valence-electron chi connectivity index (χ4n) is 11.6. The highest BCUT2D eigenvalue weighted by Crippen LogP contribution is 2.65. The van der Waals surface area contributed by atoms with E-state index in [4.69, 9.17) is 12.3 Å². The first-order valence-corrected chi connectivity index (χ1v) is 23.3. The Morgan fingerprint density at radius 1 is 0.301 bits per heavy atom. The van der Waals surface area contributed by atoms with E-state index >= 15 is 0 Å². The van der Waals surface area contributed by atoms with Gasteiger partial charge in [-0.25, -0.2) is 0 Å². The van der Waals surface area contributed by atoms with E-state index in [9.17, 15) is 24.7 Å². The maximum absolute atomic E-state index is 11.0. The number of rotatable bonds is 7. The van der Waals surface area contributed by atoms with Crippen LogP contribution in [0.5, 0.6) is 0 Å². The smallest absolute Gasteiger partial charge is 0.0726 e. The van der Waals surface area contributed by atoms with Crippen LogP contribution in [-0.4, -0.2) is 0 Å². The zero-order valence-electron chi connectivity index (χ0n) is 65.0. The molecular weight excluding hydrogens is 879 g/mol. The minimum absolute atomic E-state index is 0.288. The predicted octanol–water partition coefficient (Wildman–Crippen LogP) is 18.4. The molecule has 0 radical (unpaired) electrons. The van der Waals surface area contributed by atoms with Gasteiger partial charge in [-0.3, -0.25) is 0 Å². The van der Waals surface area contributed by atoms with Crippen molar-refractivity contribution in [3.63, 3.8) is 0 Å². The molecule has 15 rings (SSSR count). The van der Waals surface area contributed by atoms with E-state index in [-0.39, 0.29) is 5.69 Å². The summed E-state index contributed by atoms with van der Waals surface area (Å²) in [6, 6.07) is 9.16. The summed E-state index contributed by atoms with van der Waals surface area (Å²) in [6.07, 6.45) is 0. The molecule has 12 aromatic rings. The molecule has 0 atom stereocenters. The number of hydrogen-bond donors (Lipinski definition) is 0. The molecule has 73 heavy (non-hydrogen) atoms. The maximum atomic E-state index is 11.0. The summed E-state index contributed by atoms with van der Waals surface area (Å²) in [6.45, 7) is 0. The third kappa shape index (κ3) is 5.79. The van der Waals surface area contributed by atoms with E-state index in [1.54, 1.807) is 36.4 Å². The number of fused-ring (bicyclic) bond motifs is 14. The molecule has 0 bridgehead atoms. The lowest BCUT2D eigenvalue weighted by molar-refractivity contribution is 0.769. The zero-order chi connectivity index (χ0) is 71.6. The van der Waals surface area contributed by atoms with Crippen molar-refractivity contribution in [3.8, 4) is 55.6 Å². The lowest BCUT2D eigenvalue weighted by atomic mass is 9.67. The molecule has 1 heteroatoms. The fourth-order valence-corrected chi connectivity index (χ4v) is 11.6. The molecule has 0 amide bonds. The minimum atomic E-state index is -3.37. The Labute approximate surface area is 464 Å². The van der Waals surface area contributed by atoms with Crippen LogP contribution < -0.4 is 4.90 Å². The Morgan fingerprint density at radius 3 is 1.63 bits per heavy atom. The third-order valence-electron chi connectivity index (χ3n) is 14.3. The second-order valence-corrected chi connectivity index (χ2v) is 17.7. The summed E-state index contributed by atoms with van der Waals surface area (Å²) in [5.74, 6) is 0. The molecule has 0 aromatic heterocycles. The van der Waals surface area contributed by atoms with Gasteiger partial charge in [-0.05, 0) is 142 Å². The van der Waals surface area contributed by atoms with E-state index in [1.165, 1.54) is 4.90 Å². The molecular formula is C72H47N. The molecule has 12 aromatic carbocycles. The maximum Gasteiger partial charge on any atom is 0.0726 e. The highest BCUT2D eigenvalue weighted by molar-refractivity contribution is 6.06. The van der Waals surface area contributed by atoms with E-state index in [2.05, 4.69) is 24.3 Å². The third-order valence-corrected chi connectivity index (χ3v) is 14.3. The standard InChI is InChI=1S/C72H47N/c1-4-24-51(25-5-1)71(52-26-6-2-7-27-52)62-36-16-12-34-59(62)60-45-43-50(47-67(60)71)69-55-31-11-10-22-48(55)42-44-56(69)49-23-20-30-54(46-49)73(53-28-8-3-9-29-53)68-41-21-40-66-70(68)61-35-15-19-39-65(61)72(66)63-37-17-13-32-57(63)58-33-14-18-38-64(58)72/h1-47H/i1D,2D,4D,5D,6D,7D,10D,11D,12D,16D,20D,22D,23D,24D,25D,26D,27D,30D,31D,34D,36D,42D,43D,44D,45D,46D,47D. The zero-order valence-corrected chi connectivity index (χ0v) is 38.0. The number of benzene rings is 12. The number of hydrogen-bond acceptors (Lipinski definition) is 1. The lowest BCUT2D eigenvalue weighted by Gasteiger charge is -2.34. The molecule has 0 saturated heterocycles. The van der Waals surface area contributed by atoms with Crippen molar-refractivity contribution in [2.24, 2.45) is 0 Å². The van der Waals surface area contributed by atoms with E-state index in [0.717, 1.165) is 38.9 Å². The number of para-hydroxylation sites is 1. The topological polar surface area (TPSA) is 3.24 Å². The Morgan fingerprint density at radius 2 is 0.890 bits per heavy atom. The minimum Gasteiger partial charge on any atom is -0.310 e. The van der Waals surface area contributed by atoms with Gasteiger partial charge >= 0.3 is 0 Å². The lowest BCUT2D eigenvalue weighted by Crippen LogP contribution is -2.28. The van der Waals surface area contributed by atoms with Gasteiger partial charge in [0.25, 0.3) is 0 Å². The summed E-state index contributed by atoms with van der Waals surface area (Å²) in [5, 5.41) is -1.57. The number of anilines is 3. The summed E-state index contributed by atoms with van der Waals surface area (Å²) in [5.41, 5.74) is -6.45. The first-order chi connectivity index (χ1) is 47.5. The van der Waals surface area contributed by atoms with Crippen molar-refractivity contribution >= 4 is 27.8 Å². The van der Waals surface area contributed by atoms with Crippen molar-refractivity contribution < 1.29 is 37.0 Å². The van der Waals surface area contributed by atoms with Crippen molar-refractivity contribution in [3.05, 3.63) is 329 Å². The summed E-state index contributed by atoms with van der Waals surface area (Å²) >= 11 is 0. The van der Waals surface area contributed by atoms with Crippen LogP contribution in [0.2, 0.25) is 0 Å². The molecule has 0 heterocycles. The molecule has 340 valence electrons. The monoisotopic (exact) mass is 953 g/mol. The molecule has 0 saturated carbocycles. The van der Waals surface area contributed by atoms with Gasteiger partial charge in [0.2, 0.25) is 0 Å². The van der Waals surface area contributed by atoms with Gasteiger partial charge < -0.3 is 4.90 Å². The molecule has 0 N–H and O–H groups in total. The number of nitrogens with zero attached hydrogens (tertiary/aromatic N) is 1. The summed E-state index contributed by atoms with van der Waals surface area (Å²) < 4.78 is 260. The highest BCUT2D eigenvalue weighted by atomic mass is 15.1. The SMILES string of the molecule is [2H]c1c([2H])c([2H])c(C2(c3c([2H])c([2H])c([2H])c([2H])c3[2H])c3c([2H])c([2H])c([2H])c([2H])c3-c3c([2H])c([2H])c(-c4c(-c5c([2H])c([2H])c([2H])c(N(c6ccccc6)c6cccc7c6-c6ccccc6C76c7ccccc7-c7ccccc76)c5[2H])c([2H])c([2H])c5c([2H])c([2H])c([2H])c([2H])c45)c([2H])c32)c([2H])c1[2H]. The molecule has 1 nitrogen and oxygen atoms in total. The van der Waals surface area contributed by atoms with E-state index < -0.39 is 246 Å². The first kappa shape index (κ1) is 22.8. The van der Waals surface area contributed by atoms with Crippen molar-refractivity contribution in [1.29, 1.82) is 0 Å². The summed E-state index contributed by atoms with van der Waals surface area (Å²) in [7, 11) is 0.